The molecular weight excluding hydrogens is 258 g/mol. The van der Waals surface area contributed by atoms with Gasteiger partial charge in [-0.3, -0.25) is 4.21 Å². The molecule has 0 amide bonds. The van der Waals surface area contributed by atoms with Gasteiger partial charge in [-0.2, -0.15) is 0 Å². The summed E-state index contributed by atoms with van der Waals surface area (Å²) in [4.78, 5) is 0. The highest BCUT2D eigenvalue weighted by atomic mass is 32.2. The highest BCUT2D eigenvalue weighted by Gasteiger charge is 2.36. The first kappa shape index (κ1) is 13.1. The van der Waals surface area contributed by atoms with E-state index in [1.807, 2.05) is 6.07 Å². The van der Waals surface area contributed by atoms with Gasteiger partial charge < -0.3 is 10.1 Å². The maximum atomic E-state index is 12.5. The molecule has 1 heterocycles. The highest BCUT2D eigenvalue weighted by Crippen LogP contribution is 2.36. The molecule has 2 aliphatic rings. The van der Waals surface area contributed by atoms with Gasteiger partial charge in [0.25, 0.3) is 0 Å². The lowest BCUT2D eigenvalue weighted by Gasteiger charge is -2.32. The molecule has 0 radical (unpaired) electrons. The summed E-state index contributed by atoms with van der Waals surface area (Å²) >= 11 is 0. The van der Waals surface area contributed by atoms with Crippen LogP contribution in [0.3, 0.4) is 0 Å². The van der Waals surface area contributed by atoms with Gasteiger partial charge in [0.15, 0.2) is 0 Å². The molecular formula is C15H21NO2S. The van der Waals surface area contributed by atoms with Crippen LogP contribution < -0.4 is 10.1 Å². The summed E-state index contributed by atoms with van der Waals surface area (Å²) in [6, 6.07) is 6.52. The quantitative estimate of drug-likeness (QED) is 0.855. The molecule has 1 aliphatic carbocycles. The smallest absolute Gasteiger partial charge is 0.119 e. The molecule has 0 saturated carbocycles. The van der Waals surface area contributed by atoms with E-state index in [1.165, 1.54) is 11.1 Å². The summed E-state index contributed by atoms with van der Waals surface area (Å²) in [6.07, 6.45) is 2.05. The fraction of sp³-hybridized carbons (Fsp3) is 0.600. The van der Waals surface area contributed by atoms with Crippen molar-refractivity contribution in [3.8, 4) is 5.75 Å². The van der Waals surface area contributed by atoms with Crippen LogP contribution in [0.5, 0.6) is 5.75 Å². The molecule has 4 heteroatoms. The molecule has 1 aromatic carbocycles. The zero-order valence-electron chi connectivity index (χ0n) is 11.5. The van der Waals surface area contributed by atoms with Crippen molar-refractivity contribution in [1.82, 2.24) is 5.32 Å². The second-order valence-corrected chi connectivity index (χ2v) is 7.38. The second kappa shape index (κ2) is 5.25. The summed E-state index contributed by atoms with van der Waals surface area (Å²) in [7, 11) is 0.974. The van der Waals surface area contributed by atoms with E-state index in [-0.39, 0.29) is 11.3 Å². The van der Waals surface area contributed by atoms with Crippen molar-refractivity contribution in [3.05, 3.63) is 29.3 Å². The topological polar surface area (TPSA) is 38.3 Å². The lowest BCUT2D eigenvalue weighted by molar-refractivity contribution is 0.408. The number of aryl methyl sites for hydroxylation is 1. The minimum Gasteiger partial charge on any atom is -0.497 e. The van der Waals surface area contributed by atoms with Crippen molar-refractivity contribution in [3.63, 3.8) is 0 Å². The van der Waals surface area contributed by atoms with Gasteiger partial charge in [-0.25, -0.2) is 0 Å². The maximum Gasteiger partial charge on any atom is 0.119 e. The van der Waals surface area contributed by atoms with Crippen molar-refractivity contribution in [2.45, 2.75) is 31.1 Å². The minimum absolute atomic E-state index is 0.227. The van der Waals surface area contributed by atoms with Gasteiger partial charge in [-0.15, -0.1) is 0 Å². The molecule has 3 nitrogen and oxygen atoms in total. The molecule has 1 aromatic rings. The summed E-state index contributed by atoms with van der Waals surface area (Å²) in [5, 5.41) is 3.88. The molecule has 1 saturated heterocycles. The van der Waals surface area contributed by atoms with E-state index in [1.54, 1.807) is 7.11 Å². The molecule has 1 fully saturated rings. The Morgan fingerprint density at radius 3 is 3.05 bits per heavy atom. The first-order valence-corrected chi connectivity index (χ1v) is 8.34. The van der Waals surface area contributed by atoms with Crippen LogP contribution in [0, 0.1) is 5.92 Å². The van der Waals surface area contributed by atoms with E-state index >= 15 is 0 Å². The molecule has 0 spiro atoms. The third-order valence-electron chi connectivity index (χ3n) is 4.23. The Bertz CT molecular complexity index is 503. The Morgan fingerprint density at radius 2 is 2.26 bits per heavy atom. The fourth-order valence-electron chi connectivity index (χ4n) is 3.20. The van der Waals surface area contributed by atoms with E-state index in [9.17, 15) is 4.21 Å². The average molecular weight is 279 g/mol. The van der Waals surface area contributed by atoms with Crippen molar-refractivity contribution in [1.29, 1.82) is 0 Å². The van der Waals surface area contributed by atoms with Crippen LogP contribution in [0.15, 0.2) is 18.2 Å². The monoisotopic (exact) mass is 279 g/mol. The van der Waals surface area contributed by atoms with Crippen LogP contribution >= 0.6 is 0 Å². The number of ether oxygens (including phenoxy) is 1. The van der Waals surface area contributed by atoms with Crippen LogP contribution in [0.25, 0.3) is 0 Å². The molecule has 0 bridgehead atoms. The number of hydrogen-bond donors (Lipinski definition) is 1. The normalized spacial score (nSPS) is 34.0. The van der Waals surface area contributed by atoms with Gasteiger partial charge in [0.1, 0.15) is 5.75 Å². The maximum absolute atomic E-state index is 12.5. The summed E-state index contributed by atoms with van der Waals surface area (Å²) in [6.45, 7) is 3.12. The molecule has 4 unspecified atom stereocenters. The lowest BCUT2D eigenvalue weighted by Crippen LogP contribution is -2.36. The van der Waals surface area contributed by atoms with Gasteiger partial charge in [0, 0.05) is 22.6 Å². The van der Waals surface area contributed by atoms with Crippen LogP contribution in [-0.2, 0) is 17.2 Å². The number of rotatable bonds is 1. The number of fused-ring (bicyclic) bond motifs is 3. The largest absolute Gasteiger partial charge is 0.497 e. The van der Waals surface area contributed by atoms with Crippen molar-refractivity contribution in [2.75, 3.05) is 19.4 Å². The van der Waals surface area contributed by atoms with Gasteiger partial charge in [-0.1, -0.05) is 13.0 Å². The van der Waals surface area contributed by atoms with Crippen molar-refractivity contribution in [2.24, 2.45) is 5.92 Å². The van der Waals surface area contributed by atoms with Crippen molar-refractivity contribution >= 4 is 10.8 Å². The van der Waals surface area contributed by atoms with Gasteiger partial charge in [0.05, 0.1) is 12.4 Å². The SMILES string of the molecule is COc1ccc2c(c1)C1NCC(C)CS(=O)C1CC2. The van der Waals surface area contributed by atoms with Crippen LogP contribution in [-0.4, -0.2) is 28.9 Å². The number of hydrogen-bond acceptors (Lipinski definition) is 3. The van der Waals surface area contributed by atoms with E-state index < -0.39 is 10.8 Å². The second-order valence-electron chi connectivity index (χ2n) is 5.68. The standard InChI is InChI=1S/C15H21NO2S/c1-10-8-16-15-13-7-12(18-2)5-3-11(13)4-6-14(15)19(17)9-10/h3,5,7,10,14-16H,4,6,8-9H2,1-2H3. The van der Waals surface area contributed by atoms with Gasteiger partial charge >= 0.3 is 0 Å². The Labute approximate surface area is 117 Å². The first-order valence-electron chi connectivity index (χ1n) is 6.96. The van der Waals surface area contributed by atoms with Gasteiger partial charge in [-0.05, 0) is 48.6 Å². The minimum atomic E-state index is -0.723. The van der Waals surface area contributed by atoms with Crippen LogP contribution in [0.1, 0.15) is 30.5 Å². The van der Waals surface area contributed by atoms with Crippen LogP contribution in [0.4, 0.5) is 0 Å². The molecule has 1 aliphatic heterocycles. The third kappa shape index (κ3) is 2.43. The number of methoxy groups -OCH3 is 1. The van der Waals surface area contributed by atoms with Crippen molar-refractivity contribution < 1.29 is 8.95 Å². The van der Waals surface area contributed by atoms with E-state index in [0.29, 0.717) is 5.92 Å². The highest BCUT2D eigenvalue weighted by molar-refractivity contribution is 7.85. The Kier molecular flexibility index (Phi) is 3.63. The Balaban J connectivity index is 1.99. The van der Waals surface area contributed by atoms with E-state index in [0.717, 1.165) is 30.9 Å². The molecule has 4 atom stereocenters. The lowest BCUT2D eigenvalue weighted by atomic mass is 9.87. The molecule has 3 rings (SSSR count). The first-order chi connectivity index (χ1) is 9.19. The Hall–Kier alpha value is -0.870. The number of nitrogens with one attached hydrogen (secondary N) is 1. The van der Waals surface area contributed by atoms with Gasteiger partial charge in [0.2, 0.25) is 0 Å². The predicted octanol–water partition coefficient (Wildman–Crippen LogP) is 2.04. The molecule has 19 heavy (non-hydrogen) atoms. The van der Waals surface area contributed by atoms with E-state index in [4.69, 9.17) is 4.74 Å². The van der Waals surface area contributed by atoms with E-state index in [2.05, 4.69) is 24.4 Å². The average Bonchev–Trinajstić information content (AvgIpc) is 2.57. The van der Waals surface area contributed by atoms with Crippen LogP contribution in [0.2, 0.25) is 0 Å². The Morgan fingerprint density at radius 1 is 1.42 bits per heavy atom. The molecule has 104 valence electrons. The number of benzene rings is 1. The zero-order chi connectivity index (χ0) is 13.4. The summed E-state index contributed by atoms with van der Waals surface area (Å²) in [5.41, 5.74) is 2.67. The predicted molar refractivity (Wildman–Crippen MR) is 78.0 cm³/mol. The third-order valence-corrected chi connectivity index (χ3v) is 6.31. The molecule has 1 N–H and O–H groups in total. The molecule has 0 aromatic heterocycles. The summed E-state index contributed by atoms with van der Waals surface area (Å²) < 4.78 is 17.8. The fourth-order valence-corrected chi connectivity index (χ4v) is 5.05. The zero-order valence-corrected chi connectivity index (χ0v) is 12.3. The summed E-state index contributed by atoms with van der Waals surface area (Å²) in [5.74, 6) is 2.21.